The molecule has 0 N–H and O–H groups in total. The molecular formula is C5H3FN. The van der Waals surface area contributed by atoms with E-state index in [-0.39, 0.29) is 11.7 Å². The van der Waals surface area contributed by atoms with E-state index in [9.17, 15) is 4.39 Å². The van der Waals surface area contributed by atoms with Gasteiger partial charge in [0, 0.05) is 6.42 Å². The van der Waals surface area contributed by atoms with Crippen molar-refractivity contribution in [2.45, 2.75) is 6.42 Å². The summed E-state index contributed by atoms with van der Waals surface area (Å²) < 4.78 is 11.8. The molecule has 7 heavy (non-hydrogen) atoms. The van der Waals surface area contributed by atoms with Crippen LogP contribution in [0.25, 0.3) is 0 Å². The Morgan fingerprint density at radius 2 is 2.57 bits per heavy atom. The predicted octanol–water partition coefficient (Wildman–Crippen LogP) is 1.34. The second kappa shape index (κ2) is 1.34. The van der Waals surface area contributed by atoms with E-state index in [0.717, 1.165) is 0 Å². The summed E-state index contributed by atoms with van der Waals surface area (Å²) in [6.45, 7) is 0. The van der Waals surface area contributed by atoms with Crippen molar-refractivity contribution in [1.82, 2.24) is 0 Å². The highest BCUT2D eigenvalue weighted by Crippen LogP contribution is 2.28. The van der Waals surface area contributed by atoms with Gasteiger partial charge in [0.05, 0.1) is 11.6 Å². The number of nitrogens with zero attached hydrogens (tertiary/aromatic N) is 1. The van der Waals surface area contributed by atoms with E-state index in [2.05, 4.69) is 0 Å². The van der Waals surface area contributed by atoms with Crippen molar-refractivity contribution >= 4 is 0 Å². The topological polar surface area (TPSA) is 23.8 Å². The fourth-order valence-corrected chi connectivity index (χ4v) is 0.388. The van der Waals surface area contributed by atoms with Gasteiger partial charge in [-0.25, -0.2) is 4.39 Å². The van der Waals surface area contributed by atoms with Crippen LogP contribution in [-0.4, -0.2) is 0 Å². The molecule has 35 valence electrons. The molecule has 1 aliphatic rings. The number of hydrogen-bond acceptors (Lipinski definition) is 1. The van der Waals surface area contributed by atoms with Gasteiger partial charge in [-0.1, -0.05) is 6.08 Å². The standard InChI is InChI=1S/C5H3FN/c6-5-2-1-4(5)3-7/h1H,2H2. The normalized spacial score (nSPS) is 19.7. The summed E-state index contributed by atoms with van der Waals surface area (Å²) in [5.41, 5.74) is 0.208. The van der Waals surface area contributed by atoms with E-state index in [1.165, 1.54) is 0 Å². The zero-order chi connectivity index (χ0) is 5.28. The molecule has 1 radical (unpaired) electrons. The van der Waals surface area contributed by atoms with Crippen molar-refractivity contribution < 1.29 is 4.39 Å². The Kier molecular flexibility index (Phi) is 0.828. The van der Waals surface area contributed by atoms with Crippen LogP contribution in [0.2, 0.25) is 0 Å². The molecular weight excluding hydrogens is 93.1 g/mol. The Bertz CT molecular complexity index is 143. The number of nitriles is 1. The van der Waals surface area contributed by atoms with E-state index in [0.29, 0.717) is 6.42 Å². The van der Waals surface area contributed by atoms with Crippen LogP contribution in [0, 0.1) is 17.5 Å². The first-order valence-electron chi connectivity index (χ1n) is 1.96. The maximum absolute atomic E-state index is 11.8. The lowest BCUT2D eigenvalue weighted by molar-refractivity contribution is 0.496. The first-order chi connectivity index (χ1) is 3.34. The monoisotopic (exact) mass is 96.0 g/mol. The number of hydrogen-bond donors (Lipinski definition) is 0. The first-order valence-corrected chi connectivity index (χ1v) is 1.96. The maximum Gasteiger partial charge on any atom is 0.187 e. The Labute approximate surface area is 41.1 Å². The Balaban J connectivity index is 2.62. The van der Waals surface area contributed by atoms with Crippen molar-refractivity contribution in [2.24, 2.45) is 0 Å². The van der Waals surface area contributed by atoms with Gasteiger partial charge >= 0.3 is 0 Å². The quantitative estimate of drug-likeness (QED) is 0.446. The van der Waals surface area contributed by atoms with Gasteiger partial charge in [-0.15, -0.1) is 0 Å². The van der Waals surface area contributed by atoms with Gasteiger partial charge in [-0.2, -0.15) is 5.26 Å². The molecule has 0 heterocycles. The van der Waals surface area contributed by atoms with Crippen molar-refractivity contribution in [3.05, 3.63) is 17.8 Å². The van der Waals surface area contributed by atoms with Gasteiger partial charge in [0.1, 0.15) is 0 Å². The van der Waals surface area contributed by atoms with Crippen molar-refractivity contribution in [2.75, 3.05) is 0 Å². The molecule has 0 saturated carbocycles. The van der Waals surface area contributed by atoms with Crippen LogP contribution < -0.4 is 0 Å². The summed E-state index contributed by atoms with van der Waals surface area (Å²) in [5.74, 6) is 0. The van der Waals surface area contributed by atoms with Crippen LogP contribution in [0.15, 0.2) is 11.6 Å². The second-order valence-electron chi connectivity index (χ2n) is 1.34. The molecule has 0 aromatic rings. The highest BCUT2D eigenvalue weighted by molar-refractivity contribution is 5.41. The minimum atomic E-state index is -0.275. The lowest BCUT2D eigenvalue weighted by Crippen LogP contribution is -2.00. The van der Waals surface area contributed by atoms with E-state index in [4.69, 9.17) is 5.26 Å². The van der Waals surface area contributed by atoms with Gasteiger partial charge in [-0.05, 0) is 0 Å². The smallest absolute Gasteiger partial charge is 0.187 e. The van der Waals surface area contributed by atoms with Crippen LogP contribution in [0.4, 0.5) is 4.39 Å². The summed E-state index contributed by atoms with van der Waals surface area (Å²) in [4.78, 5) is 0. The molecule has 0 aromatic heterocycles. The molecule has 0 bridgehead atoms. The highest BCUT2D eigenvalue weighted by Gasteiger charge is 2.20. The zero-order valence-electron chi connectivity index (χ0n) is 3.61. The Morgan fingerprint density at radius 1 is 1.86 bits per heavy atom. The molecule has 0 aliphatic heterocycles. The molecule has 0 saturated heterocycles. The number of rotatable bonds is 0. The van der Waals surface area contributed by atoms with Gasteiger partial charge in [0.2, 0.25) is 0 Å². The van der Waals surface area contributed by atoms with E-state index < -0.39 is 0 Å². The predicted molar refractivity (Wildman–Crippen MR) is 22.7 cm³/mol. The summed E-state index contributed by atoms with van der Waals surface area (Å²) in [7, 11) is 0. The first kappa shape index (κ1) is 4.32. The summed E-state index contributed by atoms with van der Waals surface area (Å²) in [5, 5.41) is 7.98. The van der Waals surface area contributed by atoms with Crippen molar-refractivity contribution in [1.29, 1.82) is 5.26 Å². The van der Waals surface area contributed by atoms with E-state index in [1.54, 1.807) is 12.1 Å². The van der Waals surface area contributed by atoms with Gasteiger partial charge in [0.25, 0.3) is 0 Å². The van der Waals surface area contributed by atoms with Gasteiger partial charge in [0.15, 0.2) is 6.17 Å². The third kappa shape index (κ3) is 0.499. The number of allylic oxidation sites excluding steroid dienone is 2. The van der Waals surface area contributed by atoms with Crippen molar-refractivity contribution in [3.63, 3.8) is 0 Å². The largest absolute Gasteiger partial charge is 0.234 e. The Hall–Kier alpha value is -0.840. The average Bonchev–Trinajstić information content (AvgIpc) is 1.65. The van der Waals surface area contributed by atoms with Crippen molar-refractivity contribution in [3.8, 4) is 6.07 Å². The second-order valence-corrected chi connectivity index (χ2v) is 1.34. The molecule has 0 amide bonds. The van der Waals surface area contributed by atoms with Gasteiger partial charge < -0.3 is 0 Å². The van der Waals surface area contributed by atoms with Crippen LogP contribution in [0.3, 0.4) is 0 Å². The minimum absolute atomic E-state index is 0.208. The molecule has 1 aliphatic carbocycles. The third-order valence-electron chi connectivity index (χ3n) is 0.898. The molecule has 2 heteroatoms. The molecule has 0 fully saturated rings. The SMILES string of the molecule is N#CC1=CC[C]1F. The van der Waals surface area contributed by atoms with E-state index >= 15 is 0 Å². The summed E-state index contributed by atoms with van der Waals surface area (Å²) >= 11 is 0. The molecule has 0 aromatic carbocycles. The Morgan fingerprint density at radius 3 is 2.57 bits per heavy atom. The van der Waals surface area contributed by atoms with Gasteiger partial charge in [-0.3, -0.25) is 0 Å². The van der Waals surface area contributed by atoms with Crippen LogP contribution in [0.5, 0.6) is 0 Å². The molecule has 0 spiro atoms. The van der Waals surface area contributed by atoms with Crippen LogP contribution in [-0.2, 0) is 0 Å². The van der Waals surface area contributed by atoms with Crippen LogP contribution >= 0.6 is 0 Å². The van der Waals surface area contributed by atoms with Crippen LogP contribution in [0.1, 0.15) is 6.42 Å². The molecule has 0 atom stereocenters. The molecule has 1 nitrogen and oxygen atoms in total. The fourth-order valence-electron chi connectivity index (χ4n) is 0.388. The average molecular weight is 96.1 g/mol. The highest BCUT2D eigenvalue weighted by atomic mass is 19.1. The van der Waals surface area contributed by atoms with E-state index in [1.807, 2.05) is 0 Å². The lowest BCUT2D eigenvalue weighted by Gasteiger charge is -2.09. The summed E-state index contributed by atoms with van der Waals surface area (Å²) in [6, 6.07) is 1.70. The molecule has 0 unspecified atom stereocenters. The molecule has 1 rings (SSSR count). The maximum atomic E-state index is 11.8. The number of halogens is 1. The zero-order valence-corrected chi connectivity index (χ0v) is 3.61. The summed E-state index contributed by atoms with van der Waals surface area (Å²) in [6.07, 6.45) is 1.64. The third-order valence-corrected chi connectivity index (χ3v) is 0.898. The fraction of sp³-hybridized carbons (Fsp3) is 0.200. The lowest BCUT2D eigenvalue weighted by atomic mass is 9.98. The minimum Gasteiger partial charge on any atom is -0.234 e.